The van der Waals surface area contributed by atoms with E-state index in [2.05, 4.69) is 21.5 Å². The Kier molecular flexibility index (Phi) is 7.28. The molecule has 1 aromatic carbocycles. The van der Waals surface area contributed by atoms with Gasteiger partial charge in [0.1, 0.15) is 28.1 Å². The van der Waals surface area contributed by atoms with Crippen LogP contribution in [0, 0.1) is 18.6 Å². The van der Waals surface area contributed by atoms with Gasteiger partial charge in [0, 0.05) is 31.9 Å². The van der Waals surface area contributed by atoms with Gasteiger partial charge in [-0.15, -0.1) is 11.8 Å². The van der Waals surface area contributed by atoms with Crippen molar-refractivity contribution in [1.29, 1.82) is 0 Å². The third-order valence-electron chi connectivity index (χ3n) is 6.93. The van der Waals surface area contributed by atoms with Crippen LogP contribution in [-0.2, 0) is 4.79 Å². The van der Waals surface area contributed by atoms with Crippen LogP contribution in [0.1, 0.15) is 12.5 Å². The molecule has 1 fully saturated rings. The van der Waals surface area contributed by atoms with Crippen LogP contribution in [0.3, 0.4) is 0 Å². The number of thioether (sulfide) groups is 1. The predicted octanol–water partition coefficient (Wildman–Crippen LogP) is 4.08. The smallest absolute Gasteiger partial charge is 0.355 e. The lowest BCUT2D eigenvalue weighted by molar-refractivity contribution is -0.126. The van der Waals surface area contributed by atoms with Crippen molar-refractivity contribution in [3.63, 3.8) is 0 Å². The van der Waals surface area contributed by atoms with Gasteiger partial charge in [-0.25, -0.2) is 28.1 Å². The van der Waals surface area contributed by atoms with Gasteiger partial charge in [0.2, 0.25) is 5.91 Å². The average Bonchev–Trinajstić information content (AvgIpc) is 2.93. The van der Waals surface area contributed by atoms with E-state index in [1.165, 1.54) is 34.5 Å². The molecule has 0 saturated carbocycles. The molecule has 5 rings (SSSR count). The topological polar surface area (TPSA) is 104 Å². The van der Waals surface area contributed by atoms with E-state index in [0.29, 0.717) is 35.9 Å². The maximum absolute atomic E-state index is 15.7. The Morgan fingerprint density at radius 1 is 1.20 bits per heavy atom. The second-order valence-electron chi connectivity index (χ2n) is 9.39. The first kappa shape index (κ1) is 27.3. The molecule has 4 heterocycles. The highest BCUT2D eigenvalue weighted by molar-refractivity contribution is 7.98. The summed E-state index contributed by atoms with van der Waals surface area (Å²) in [6, 6.07) is 6.23. The van der Waals surface area contributed by atoms with Gasteiger partial charge in [-0.2, -0.15) is 4.98 Å². The molecule has 0 radical (unpaired) electrons. The Labute approximate surface area is 232 Å². The molecule has 0 unspecified atom stereocenters. The molecule has 1 amide bonds. The Morgan fingerprint density at radius 3 is 2.65 bits per heavy atom. The third-order valence-corrected chi connectivity index (χ3v) is 7.61. The maximum atomic E-state index is 15.7. The van der Waals surface area contributed by atoms with Crippen molar-refractivity contribution in [1.82, 2.24) is 24.4 Å². The molecule has 4 aromatic rings. The van der Waals surface area contributed by atoms with Crippen LogP contribution in [0.5, 0.6) is 5.75 Å². The average molecular weight is 565 g/mol. The summed E-state index contributed by atoms with van der Waals surface area (Å²) in [4.78, 5) is 42.6. The van der Waals surface area contributed by atoms with Gasteiger partial charge < -0.3 is 14.9 Å². The van der Waals surface area contributed by atoms with E-state index >= 15 is 4.39 Å². The monoisotopic (exact) mass is 564 g/mol. The third kappa shape index (κ3) is 4.57. The van der Waals surface area contributed by atoms with Crippen LogP contribution in [0.4, 0.5) is 14.6 Å². The lowest BCUT2D eigenvalue weighted by atomic mass is 10.1. The van der Waals surface area contributed by atoms with Crippen LogP contribution in [0.2, 0.25) is 0 Å². The first-order valence-electron chi connectivity index (χ1n) is 12.4. The molecule has 40 heavy (non-hydrogen) atoms. The van der Waals surface area contributed by atoms with Gasteiger partial charge in [-0.3, -0.25) is 4.79 Å². The van der Waals surface area contributed by atoms with E-state index in [9.17, 15) is 19.1 Å². The Bertz CT molecular complexity index is 1710. The predicted molar refractivity (Wildman–Crippen MR) is 150 cm³/mol. The molecule has 1 atom stereocenters. The fraction of sp³-hybridized carbons (Fsp3) is 0.250. The molecular formula is C28H26F2N6O3S. The molecule has 1 saturated heterocycles. The van der Waals surface area contributed by atoms with Crippen LogP contribution in [0.25, 0.3) is 28.0 Å². The highest BCUT2D eigenvalue weighted by atomic mass is 32.2. The van der Waals surface area contributed by atoms with E-state index in [0.717, 1.165) is 12.1 Å². The van der Waals surface area contributed by atoms with Crippen molar-refractivity contribution in [2.75, 3.05) is 30.8 Å². The molecule has 1 aliphatic heterocycles. The standard InChI is InChI=1S/C28H26F2N6O3S/c1-5-21(38)34-11-12-35(16(3)14-34)25-17-13-19(30)23(22-18(29)7-6-8-20(22)37)32-26(17)36(28(39)33-25)24-15(2)9-10-31-27(24)40-4/h5-10,13,16,37H,1,11-12,14H2,2-4H3/t16-/m0/s1. The van der Waals surface area contributed by atoms with Gasteiger partial charge >= 0.3 is 5.69 Å². The molecule has 9 nitrogen and oxygen atoms in total. The zero-order valence-electron chi connectivity index (χ0n) is 22.1. The molecule has 1 aliphatic rings. The summed E-state index contributed by atoms with van der Waals surface area (Å²) < 4.78 is 31.8. The fourth-order valence-electron chi connectivity index (χ4n) is 5.00. The van der Waals surface area contributed by atoms with Gasteiger partial charge in [0.25, 0.3) is 0 Å². The van der Waals surface area contributed by atoms with Crippen molar-refractivity contribution in [2.45, 2.75) is 24.9 Å². The Hall–Kier alpha value is -4.32. The number of halogens is 2. The number of hydrogen-bond acceptors (Lipinski definition) is 8. The number of piperazine rings is 1. The van der Waals surface area contributed by atoms with Gasteiger partial charge in [0.05, 0.1) is 16.6 Å². The van der Waals surface area contributed by atoms with Crippen LogP contribution >= 0.6 is 11.8 Å². The van der Waals surface area contributed by atoms with E-state index < -0.39 is 34.3 Å². The van der Waals surface area contributed by atoms with Crippen molar-refractivity contribution >= 4 is 34.5 Å². The first-order valence-corrected chi connectivity index (χ1v) is 13.7. The Balaban J connectivity index is 1.82. The summed E-state index contributed by atoms with van der Waals surface area (Å²) in [5, 5.41) is 11.1. The molecule has 1 N–H and O–H groups in total. The van der Waals surface area contributed by atoms with E-state index in [-0.39, 0.29) is 28.8 Å². The van der Waals surface area contributed by atoms with Crippen molar-refractivity contribution in [3.8, 4) is 22.7 Å². The van der Waals surface area contributed by atoms with E-state index in [1.807, 2.05) is 18.1 Å². The molecule has 206 valence electrons. The summed E-state index contributed by atoms with van der Waals surface area (Å²) in [7, 11) is 0. The number of aromatic nitrogens is 4. The minimum Gasteiger partial charge on any atom is -0.507 e. The number of carbonyl (C=O) groups is 1. The van der Waals surface area contributed by atoms with Crippen LogP contribution < -0.4 is 10.6 Å². The summed E-state index contributed by atoms with van der Waals surface area (Å²) in [6.45, 7) is 8.22. The van der Waals surface area contributed by atoms with Crippen LogP contribution in [0.15, 0.2) is 59.0 Å². The maximum Gasteiger partial charge on any atom is 0.355 e. The lowest BCUT2D eigenvalue weighted by Crippen LogP contribution is -2.54. The lowest BCUT2D eigenvalue weighted by Gasteiger charge is -2.40. The van der Waals surface area contributed by atoms with Crippen LogP contribution in [-0.4, -0.2) is 67.4 Å². The second-order valence-corrected chi connectivity index (χ2v) is 10.2. The number of pyridine rings is 2. The molecule has 0 aliphatic carbocycles. The number of phenolic OH excluding ortho intramolecular Hbond substituents is 1. The van der Waals surface area contributed by atoms with E-state index in [4.69, 9.17) is 0 Å². The molecule has 3 aromatic heterocycles. The highest BCUT2D eigenvalue weighted by Crippen LogP contribution is 2.36. The number of nitrogens with zero attached hydrogens (tertiary/aromatic N) is 6. The number of amides is 1. The quantitative estimate of drug-likeness (QED) is 0.286. The zero-order chi connectivity index (χ0) is 28.7. The highest BCUT2D eigenvalue weighted by Gasteiger charge is 2.31. The minimum atomic E-state index is -0.901. The van der Waals surface area contributed by atoms with Gasteiger partial charge in [-0.1, -0.05) is 12.6 Å². The zero-order valence-corrected chi connectivity index (χ0v) is 22.9. The largest absolute Gasteiger partial charge is 0.507 e. The summed E-state index contributed by atoms with van der Waals surface area (Å²) in [5.74, 6) is -2.28. The number of carbonyl (C=O) groups excluding carboxylic acids is 1. The molecule has 0 bridgehead atoms. The van der Waals surface area contributed by atoms with Gasteiger partial charge in [-0.05, 0) is 56.0 Å². The second kappa shape index (κ2) is 10.7. The van der Waals surface area contributed by atoms with Gasteiger partial charge in [0.15, 0.2) is 11.5 Å². The van der Waals surface area contributed by atoms with Crippen molar-refractivity contribution in [3.05, 3.63) is 76.9 Å². The number of hydrogen-bond donors (Lipinski definition) is 1. The first-order chi connectivity index (χ1) is 19.2. The number of aromatic hydroxyl groups is 1. The molecule has 12 heteroatoms. The minimum absolute atomic E-state index is 0.0252. The Morgan fingerprint density at radius 2 is 1.98 bits per heavy atom. The number of fused-ring (bicyclic) bond motifs is 1. The fourth-order valence-corrected chi connectivity index (χ4v) is 5.61. The van der Waals surface area contributed by atoms with Crippen molar-refractivity contribution < 1.29 is 18.7 Å². The summed E-state index contributed by atoms with van der Waals surface area (Å²) in [5.41, 5.74) is -0.414. The number of aryl methyl sites for hydroxylation is 1. The van der Waals surface area contributed by atoms with E-state index in [1.54, 1.807) is 24.1 Å². The number of benzene rings is 1. The summed E-state index contributed by atoms with van der Waals surface area (Å²) in [6.07, 6.45) is 4.67. The number of rotatable bonds is 5. The number of anilines is 1. The SMILES string of the molecule is C=CC(=O)N1CCN(c2nc(=O)n(-c3c(C)ccnc3SC)c3nc(-c4c(O)cccc4F)c(F)cc23)[C@@H](C)C1. The van der Waals surface area contributed by atoms with Crippen molar-refractivity contribution in [2.24, 2.45) is 0 Å². The molecule has 0 spiro atoms. The molecular weight excluding hydrogens is 538 g/mol. The normalized spacial score (nSPS) is 15.5. The summed E-state index contributed by atoms with van der Waals surface area (Å²) >= 11 is 1.31. The number of phenols is 1.